The Labute approximate surface area is 779 Å². The Morgan fingerprint density at radius 1 is 0.523 bits per heavy atom. The van der Waals surface area contributed by atoms with E-state index in [4.69, 9.17) is 109 Å². The second-order valence-electron chi connectivity index (χ2n) is 31.1. The quantitative estimate of drug-likeness (QED) is 0.0115. The number of nitrogens with zero attached hydrogens (tertiary/aromatic N) is 2. The van der Waals surface area contributed by atoms with Gasteiger partial charge >= 0.3 is 5.97 Å². The molecule has 0 bridgehead atoms. The van der Waals surface area contributed by atoms with Gasteiger partial charge in [-0.1, -0.05) is 26.8 Å². The molecule has 46 heteroatoms. The van der Waals surface area contributed by atoms with Crippen molar-refractivity contribution in [1.29, 1.82) is 0 Å². The highest BCUT2D eigenvalue weighted by Crippen LogP contribution is 2.30. The predicted octanol–water partition coefficient (Wildman–Crippen LogP) is -1.74. The van der Waals surface area contributed by atoms with E-state index in [-0.39, 0.29) is 186 Å². The SMILES string of the molecule is CC(=O)N[C@H]1[C@H](O)[C@H](C)[C@@H](CO)O[C@H]1C.C[C@H]1[C@@H](O)[C@H](NC(=O)CCSC2CC(=O)N(CCC(=O)NCCOCCOCCOCCOCCOCCOCCOCCOCCOCCOCCOCCOCCC(=O)NCCOc3ccc(NC(=O)[C@H](CC(=O)O)CC(=O)CNC(=O)c4cccc(N=C(N)N)c4)cc3)C2=O)[C@H](C)O[C@@H]1CO.C[C@H]1[C@@H](O)[C@H](NCl)[C@H](C)O[C@@H]1CO. The largest absolute Gasteiger partial charge is 0.492 e. The first-order chi connectivity index (χ1) is 63.4. The summed E-state index contributed by atoms with van der Waals surface area (Å²) in [4.78, 5) is 131. The summed E-state index contributed by atoms with van der Waals surface area (Å²) in [7, 11) is 0. The lowest BCUT2D eigenvalue weighted by Crippen LogP contribution is -2.60. The number of benzene rings is 2. The Morgan fingerprint density at radius 3 is 1.37 bits per heavy atom. The highest BCUT2D eigenvalue weighted by Gasteiger charge is 2.44. The lowest BCUT2D eigenvalue weighted by Gasteiger charge is -2.42. The molecule has 6 rings (SSSR count). The molecule has 8 amide bonds. The van der Waals surface area contributed by atoms with Gasteiger partial charge < -0.3 is 155 Å². The number of likely N-dealkylation sites (tertiary alicyclic amines) is 1. The number of thioether (sulfide) groups is 1. The number of halogens is 1. The number of guanidine groups is 1. The highest BCUT2D eigenvalue weighted by atomic mass is 35.5. The molecule has 4 aliphatic rings. The average molecular weight is 1930 g/mol. The molecule has 4 fully saturated rings. The Hall–Kier alpha value is -7.63. The van der Waals surface area contributed by atoms with Crippen molar-refractivity contribution in [3.05, 3.63) is 54.1 Å². The van der Waals surface area contributed by atoms with E-state index in [0.717, 1.165) is 4.90 Å². The van der Waals surface area contributed by atoms with Crippen molar-refractivity contribution in [3.8, 4) is 5.75 Å². The number of rotatable bonds is 66. The number of aliphatic hydroxyl groups excluding tert-OH is 6. The molecule has 44 nitrogen and oxygen atoms in total. The van der Waals surface area contributed by atoms with Gasteiger partial charge in [0.25, 0.3) is 5.91 Å². The molecule has 17 atom stereocenters. The third-order valence-electron chi connectivity index (χ3n) is 21.0. The van der Waals surface area contributed by atoms with Crippen LogP contribution in [0.15, 0.2) is 53.5 Å². The number of Topliss-reactive ketones (excluding diaryl/α,β-unsaturated/α-hetero) is 1. The van der Waals surface area contributed by atoms with Crippen LogP contribution in [0.1, 0.15) is 97.3 Å². The zero-order valence-corrected chi connectivity index (χ0v) is 78.2. The predicted molar refractivity (Wildman–Crippen MR) is 480 cm³/mol. The number of ketones is 1. The molecular formula is C86H142ClN11O33S. The zero-order chi connectivity index (χ0) is 97.0. The van der Waals surface area contributed by atoms with E-state index in [1.807, 2.05) is 13.8 Å². The molecule has 132 heavy (non-hydrogen) atoms. The van der Waals surface area contributed by atoms with Crippen molar-refractivity contribution in [2.24, 2.45) is 40.1 Å². The van der Waals surface area contributed by atoms with Crippen LogP contribution in [-0.2, 0) is 114 Å². The van der Waals surface area contributed by atoms with Crippen LogP contribution in [0.5, 0.6) is 5.75 Å². The molecule has 0 spiro atoms. The van der Waals surface area contributed by atoms with Crippen LogP contribution in [0.3, 0.4) is 0 Å². The highest BCUT2D eigenvalue weighted by molar-refractivity contribution is 8.00. The van der Waals surface area contributed by atoms with E-state index in [1.165, 1.54) is 30.8 Å². The number of carboxylic acids is 1. The fourth-order valence-corrected chi connectivity index (χ4v) is 14.9. The van der Waals surface area contributed by atoms with Gasteiger partial charge in [0.15, 0.2) is 11.7 Å². The minimum absolute atomic E-state index is 0.00902. The van der Waals surface area contributed by atoms with Gasteiger partial charge in [-0.3, -0.25) is 52.8 Å². The number of nitrogens with two attached hydrogens (primary N) is 2. The van der Waals surface area contributed by atoms with Crippen LogP contribution in [0, 0.1) is 23.7 Å². The summed E-state index contributed by atoms with van der Waals surface area (Å²) in [6.07, 6.45) is -5.22. The second kappa shape index (κ2) is 69.2. The van der Waals surface area contributed by atoms with Gasteiger partial charge in [-0.2, -0.15) is 0 Å². The first kappa shape index (κ1) is 117. The average Bonchev–Trinajstić information content (AvgIpc) is 1.05. The molecule has 4 saturated heterocycles. The molecule has 0 saturated carbocycles. The van der Waals surface area contributed by atoms with E-state index < -0.39 is 96.7 Å². The number of hydrogen-bond acceptors (Lipinski definition) is 35. The summed E-state index contributed by atoms with van der Waals surface area (Å²) in [6, 6.07) is 11.0. The molecule has 752 valence electrons. The molecule has 4 aliphatic heterocycles. The number of carbonyl (C=O) groups is 10. The van der Waals surface area contributed by atoms with Crippen molar-refractivity contribution in [2.75, 3.05) is 222 Å². The van der Waals surface area contributed by atoms with Gasteiger partial charge in [-0.25, -0.2) is 9.83 Å². The van der Waals surface area contributed by atoms with E-state index in [1.54, 1.807) is 64.1 Å². The van der Waals surface area contributed by atoms with Gasteiger partial charge in [-0.05, 0) is 75.0 Å². The number of ether oxygens (including phenoxy) is 16. The first-order valence-electron chi connectivity index (χ1n) is 44.4. The van der Waals surface area contributed by atoms with E-state index in [0.29, 0.717) is 162 Å². The van der Waals surface area contributed by atoms with Gasteiger partial charge in [0, 0.05) is 86.9 Å². The first-order valence-corrected chi connectivity index (χ1v) is 45.8. The number of nitrogens with one attached hydrogen (secondary N) is 7. The maximum absolute atomic E-state index is 13.0. The number of aliphatic carboxylic acids is 1. The Bertz CT molecular complexity index is 3650. The number of hydrogen-bond donors (Lipinski definition) is 16. The molecule has 2 aromatic rings. The lowest BCUT2D eigenvalue weighted by molar-refractivity contribution is -0.161. The van der Waals surface area contributed by atoms with Crippen LogP contribution in [-0.4, -0.2) is 401 Å². The van der Waals surface area contributed by atoms with E-state index in [2.05, 4.69) is 41.7 Å². The summed E-state index contributed by atoms with van der Waals surface area (Å²) < 4.78 is 88.5. The number of amides is 8. The van der Waals surface area contributed by atoms with Gasteiger partial charge in [0.1, 0.15) is 12.4 Å². The van der Waals surface area contributed by atoms with Crippen molar-refractivity contribution < 1.29 is 159 Å². The fraction of sp³-hybridized carbons (Fsp3) is 0.733. The van der Waals surface area contributed by atoms with Crippen molar-refractivity contribution in [1.82, 2.24) is 36.3 Å². The lowest BCUT2D eigenvalue weighted by atomic mass is 9.87. The van der Waals surface area contributed by atoms with Gasteiger partial charge in [-0.15, -0.1) is 11.8 Å². The Morgan fingerprint density at radius 2 is 0.939 bits per heavy atom. The summed E-state index contributed by atoms with van der Waals surface area (Å²) in [6.45, 7) is 21.0. The van der Waals surface area contributed by atoms with Crippen molar-refractivity contribution in [3.63, 3.8) is 0 Å². The molecule has 2 aromatic carbocycles. The monoisotopic (exact) mass is 1920 g/mol. The summed E-state index contributed by atoms with van der Waals surface area (Å²) in [5.41, 5.74) is 11.6. The minimum atomic E-state index is -1.28. The molecule has 0 aliphatic carbocycles. The van der Waals surface area contributed by atoms with Gasteiger partial charge in [0.05, 0.1) is 288 Å². The molecule has 4 heterocycles. The maximum Gasteiger partial charge on any atom is 0.304 e. The standard InChI is InChI=1S/C68H107N9O26S.C10H19NO4.C8H16ClNO3/c1-48-56(47-78)103-49(2)63(64(48)86)76-60(82)12-41-104-57-45-61(83)77(67(57)89)15-10-58(80)71-13-17-91-20-22-93-24-26-95-28-30-97-32-34-99-36-38-101-40-39-100-37-35-98-33-31-96-29-27-94-25-23-92-21-19-90-16-11-59(81)72-14-18-102-55-8-6-52(7-9-55)74-66(88)51(44-62(84)85)43-54(79)46-73-65(87)50-4-3-5-53(42-50)75-68(69)70;1-5-8(4-12)15-6(2)9(10(5)14)11-7(3)13;1-4-6(3-11)13-5(2)7(10-9)8(4)12/h3-9,42,48-49,51,56-57,63-64,78,86H,10-41,43-47H2,1-2H3,(H,71,80)(H,72,81)(H,73,87)(H,74,88)(H,76,82)(H,84,85)(H4,69,70,75);5-6,8-10,12,14H,4H2,1-3H3,(H,11,13);4-8,10-12H,3H2,1-2H3/t48-,49+,51+,56-,57?,63-,64-;5-,6+,8-,9-,10-;4-,5+,6-,7-,8-/m111/s1. The summed E-state index contributed by atoms with van der Waals surface area (Å²) in [5, 5.41) is 82.6. The molecule has 18 N–H and O–H groups in total. The number of anilines is 1. The maximum atomic E-state index is 13.0. The fourth-order valence-electron chi connectivity index (χ4n) is 13.5. The molecule has 0 aromatic heterocycles. The molecule has 0 radical (unpaired) electrons. The van der Waals surface area contributed by atoms with Crippen LogP contribution < -0.4 is 52.9 Å². The number of aliphatic hydroxyl groups is 6. The van der Waals surface area contributed by atoms with Gasteiger partial charge in [0.2, 0.25) is 41.4 Å². The minimum Gasteiger partial charge on any atom is -0.492 e. The topological polar surface area (TPSA) is 612 Å². The Kier molecular flexibility index (Phi) is 61.2. The number of carboxylic acid groups (broad SMARTS) is 1. The number of carbonyl (C=O) groups excluding carboxylic acids is 9. The normalized spacial score (nSPS) is 23.0. The van der Waals surface area contributed by atoms with E-state index >= 15 is 0 Å². The Balaban J connectivity index is 0.00000110. The summed E-state index contributed by atoms with van der Waals surface area (Å²) >= 11 is 6.68. The summed E-state index contributed by atoms with van der Waals surface area (Å²) in [5.74, 6) is -6.28. The van der Waals surface area contributed by atoms with Crippen LogP contribution in [0.4, 0.5) is 11.4 Å². The van der Waals surface area contributed by atoms with Crippen LogP contribution in [0.25, 0.3) is 0 Å². The second-order valence-corrected chi connectivity index (χ2v) is 32.6. The van der Waals surface area contributed by atoms with E-state index in [9.17, 15) is 73.5 Å². The van der Waals surface area contributed by atoms with Crippen LogP contribution in [0.2, 0.25) is 0 Å². The molecule has 1 unspecified atom stereocenters. The van der Waals surface area contributed by atoms with Crippen molar-refractivity contribution in [2.45, 2.75) is 165 Å². The third-order valence-corrected chi connectivity index (χ3v) is 22.4. The third kappa shape index (κ3) is 48.2. The number of aliphatic imine (C=N–C) groups is 1. The smallest absolute Gasteiger partial charge is 0.304 e. The number of imide groups is 1. The molecular weight excluding hydrogens is 1780 g/mol. The van der Waals surface area contributed by atoms with Crippen molar-refractivity contribution >= 4 is 99.9 Å². The van der Waals surface area contributed by atoms with Crippen LogP contribution >= 0.6 is 23.5 Å². The zero-order valence-electron chi connectivity index (χ0n) is 76.6.